The van der Waals surface area contributed by atoms with Crippen LogP contribution in [-0.4, -0.2) is 55.1 Å². The van der Waals surface area contributed by atoms with Gasteiger partial charge in [-0.2, -0.15) is 0 Å². The molecule has 2 aromatic carbocycles. The molecule has 10 heteroatoms. The first-order chi connectivity index (χ1) is 17.0. The molecule has 3 aromatic rings. The molecule has 35 heavy (non-hydrogen) atoms. The molecule has 0 atom stereocenters. The standard InChI is InChI=1S/C24H27N5O3.CH2O2/c1-25-20-4-2-3-17-13-19(24(32)29-21(17)20)23(31)28-18-7-5-16(6-8-18)22(30)27-14-15-9-11-26-12-10-15;2-1-3/h2-8,13,15,25-26H,9-12,14H2,1H3,(H,27,30)(H,28,31)(H,29,32);1H,(H,2,3). The molecule has 0 bridgehead atoms. The largest absolute Gasteiger partial charge is 0.483 e. The van der Waals surface area contributed by atoms with Gasteiger partial charge in [0.25, 0.3) is 23.8 Å². The van der Waals surface area contributed by atoms with Gasteiger partial charge in [0.1, 0.15) is 5.56 Å². The van der Waals surface area contributed by atoms with Crippen molar-refractivity contribution in [2.45, 2.75) is 12.8 Å². The summed E-state index contributed by atoms with van der Waals surface area (Å²) in [7, 11) is 1.77. The van der Waals surface area contributed by atoms with Crippen LogP contribution in [0.25, 0.3) is 10.9 Å². The van der Waals surface area contributed by atoms with Crippen LogP contribution in [0.5, 0.6) is 0 Å². The number of rotatable bonds is 6. The number of carboxylic acid groups (broad SMARTS) is 1. The highest BCUT2D eigenvalue weighted by Gasteiger charge is 2.16. The van der Waals surface area contributed by atoms with E-state index in [9.17, 15) is 14.4 Å². The second-order valence-electron chi connectivity index (χ2n) is 8.07. The lowest BCUT2D eigenvalue weighted by atomic mass is 9.98. The molecule has 0 aliphatic carbocycles. The molecule has 0 radical (unpaired) electrons. The van der Waals surface area contributed by atoms with E-state index < -0.39 is 11.5 Å². The predicted molar refractivity (Wildman–Crippen MR) is 135 cm³/mol. The fourth-order valence-electron chi connectivity index (χ4n) is 3.94. The number of amides is 2. The van der Waals surface area contributed by atoms with Crippen molar-refractivity contribution in [1.82, 2.24) is 15.6 Å². The third-order valence-corrected chi connectivity index (χ3v) is 5.81. The smallest absolute Gasteiger partial charge is 0.290 e. The summed E-state index contributed by atoms with van der Waals surface area (Å²) in [6, 6.07) is 13.8. The molecule has 1 saturated heterocycles. The average Bonchev–Trinajstić information content (AvgIpc) is 2.88. The fraction of sp³-hybridized carbons (Fsp3) is 0.280. The summed E-state index contributed by atoms with van der Waals surface area (Å²) in [5.41, 5.74) is 2.02. The maximum absolute atomic E-state index is 12.7. The van der Waals surface area contributed by atoms with Crippen LogP contribution in [0.4, 0.5) is 11.4 Å². The molecular weight excluding hydrogens is 450 g/mol. The number of piperidine rings is 1. The van der Waals surface area contributed by atoms with Crippen molar-refractivity contribution < 1.29 is 19.5 Å². The van der Waals surface area contributed by atoms with Crippen LogP contribution in [-0.2, 0) is 4.79 Å². The highest BCUT2D eigenvalue weighted by molar-refractivity contribution is 6.06. The lowest BCUT2D eigenvalue weighted by Crippen LogP contribution is -2.35. The number of benzene rings is 2. The van der Waals surface area contributed by atoms with E-state index in [1.807, 2.05) is 18.2 Å². The minimum atomic E-state index is -0.508. The maximum atomic E-state index is 12.7. The number of carbonyl (C=O) groups excluding carboxylic acids is 2. The van der Waals surface area contributed by atoms with Gasteiger partial charge in [0, 0.05) is 30.2 Å². The zero-order valence-electron chi connectivity index (χ0n) is 19.4. The SMILES string of the molecule is CNc1cccc2cc(C(=O)Nc3ccc(C(=O)NCC4CCNCC4)cc3)c(=O)[nH]c12.O=CO. The van der Waals surface area contributed by atoms with E-state index in [2.05, 4.69) is 26.3 Å². The van der Waals surface area contributed by atoms with Gasteiger partial charge in [0.15, 0.2) is 0 Å². The maximum Gasteiger partial charge on any atom is 0.290 e. The van der Waals surface area contributed by atoms with Crippen molar-refractivity contribution in [2.75, 3.05) is 37.3 Å². The summed E-state index contributed by atoms with van der Waals surface area (Å²) >= 11 is 0. The van der Waals surface area contributed by atoms with Gasteiger partial charge < -0.3 is 31.4 Å². The molecule has 6 N–H and O–H groups in total. The Bertz CT molecular complexity index is 1230. The third-order valence-electron chi connectivity index (χ3n) is 5.81. The summed E-state index contributed by atoms with van der Waals surface area (Å²) < 4.78 is 0. The van der Waals surface area contributed by atoms with Crippen molar-refractivity contribution in [2.24, 2.45) is 5.92 Å². The zero-order chi connectivity index (χ0) is 25.2. The molecule has 1 aliphatic rings. The van der Waals surface area contributed by atoms with Crippen molar-refractivity contribution in [1.29, 1.82) is 0 Å². The predicted octanol–water partition coefficient (Wildman–Crippen LogP) is 2.25. The number of H-pyrrole nitrogens is 1. The van der Waals surface area contributed by atoms with Crippen LogP contribution in [0.1, 0.15) is 33.6 Å². The Hall–Kier alpha value is -4.18. The molecular formula is C25H29N5O5. The number of anilines is 2. The fourth-order valence-corrected chi connectivity index (χ4v) is 3.94. The van der Waals surface area contributed by atoms with Crippen LogP contribution in [0.15, 0.2) is 53.3 Å². The Labute approximate surface area is 202 Å². The number of hydrogen-bond donors (Lipinski definition) is 6. The van der Waals surface area contributed by atoms with E-state index >= 15 is 0 Å². The van der Waals surface area contributed by atoms with Crippen LogP contribution < -0.4 is 26.8 Å². The molecule has 4 rings (SSSR count). The van der Waals surface area contributed by atoms with Gasteiger partial charge in [0.05, 0.1) is 11.2 Å². The third kappa shape index (κ3) is 6.67. The van der Waals surface area contributed by atoms with Crippen LogP contribution in [0.2, 0.25) is 0 Å². The summed E-state index contributed by atoms with van der Waals surface area (Å²) in [5.74, 6) is -0.137. The molecule has 184 valence electrons. The average molecular weight is 480 g/mol. The second kappa shape index (κ2) is 12.3. The normalized spacial score (nSPS) is 13.3. The minimum absolute atomic E-state index is 0.0227. The molecule has 1 aliphatic heterocycles. The molecule has 2 heterocycles. The summed E-state index contributed by atoms with van der Waals surface area (Å²) in [6.45, 7) is 2.40. The Balaban J connectivity index is 0.00000108. The second-order valence-corrected chi connectivity index (χ2v) is 8.07. The monoisotopic (exact) mass is 479 g/mol. The number of fused-ring (bicyclic) bond motifs is 1. The van der Waals surface area contributed by atoms with Gasteiger partial charge in [-0.25, -0.2) is 0 Å². The topological polar surface area (TPSA) is 152 Å². The number of pyridine rings is 1. The van der Waals surface area contributed by atoms with E-state index in [1.54, 1.807) is 37.4 Å². The number of carbonyl (C=O) groups is 3. The van der Waals surface area contributed by atoms with Crippen molar-refractivity contribution in [3.8, 4) is 0 Å². The van der Waals surface area contributed by atoms with Crippen molar-refractivity contribution in [3.05, 3.63) is 70.0 Å². The van der Waals surface area contributed by atoms with Gasteiger partial charge in [-0.3, -0.25) is 19.2 Å². The number of hydrogen-bond acceptors (Lipinski definition) is 6. The summed E-state index contributed by atoms with van der Waals surface area (Å²) in [6.07, 6.45) is 2.13. The summed E-state index contributed by atoms with van der Waals surface area (Å²) in [5, 5.41) is 19.7. The first-order valence-electron chi connectivity index (χ1n) is 11.3. The Morgan fingerprint density at radius 3 is 2.43 bits per heavy atom. The minimum Gasteiger partial charge on any atom is -0.483 e. The molecule has 0 spiro atoms. The number of aromatic amines is 1. The van der Waals surface area contributed by atoms with Gasteiger partial charge >= 0.3 is 0 Å². The van der Waals surface area contributed by atoms with E-state index in [-0.39, 0.29) is 17.9 Å². The van der Waals surface area contributed by atoms with Crippen LogP contribution in [0, 0.1) is 5.92 Å². The van der Waals surface area contributed by atoms with E-state index in [1.165, 1.54) is 0 Å². The number of aromatic nitrogens is 1. The first kappa shape index (κ1) is 25.4. The Kier molecular flexibility index (Phi) is 8.96. The van der Waals surface area contributed by atoms with E-state index in [0.717, 1.165) is 37.0 Å². The molecule has 1 aromatic heterocycles. The van der Waals surface area contributed by atoms with Gasteiger partial charge in [-0.15, -0.1) is 0 Å². The highest BCUT2D eigenvalue weighted by atomic mass is 16.3. The molecule has 0 saturated carbocycles. The molecule has 2 amide bonds. The van der Waals surface area contributed by atoms with Crippen molar-refractivity contribution >= 4 is 40.6 Å². The lowest BCUT2D eigenvalue weighted by molar-refractivity contribution is -0.122. The highest BCUT2D eigenvalue weighted by Crippen LogP contribution is 2.20. The van der Waals surface area contributed by atoms with Crippen LogP contribution >= 0.6 is 0 Å². The molecule has 1 fully saturated rings. The Morgan fingerprint density at radius 1 is 1.09 bits per heavy atom. The first-order valence-corrected chi connectivity index (χ1v) is 11.3. The quantitative estimate of drug-likeness (QED) is 0.297. The van der Waals surface area contributed by atoms with E-state index in [0.29, 0.717) is 29.2 Å². The molecule has 0 unspecified atom stereocenters. The van der Waals surface area contributed by atoms with Gasteiger partial charge in [-0.05, 0) is 68.2 Å². The van der Waals surface area contributed by atoms with Gasteiger partial charge in [-0.1, -0.05) is 12.1 Å². The van der Waals surface area contributed by atoms with Crippen LogP contribution in [0.3, 0.4) is 0 Å². The lowest BCUT2D eigenvalue weighted by Gasteiger charge is -2.22. The summed E-state index contributed by atoms with van der Waals surface area (Å²) in [4.78, 5) is 48.7. The van der Waals surface area contributed by atoms with E-state index in [4.69, 9.17) is 9.90 Å². The van der Waals surface area contributed by atoms with Crippen molar-refractivity contribution in [3.63, 3.8) is 0 Å². The molecule has 10 nitrogen and oxygen atoms in total. The number of para-hydroxylation sites is 1. The zero-order valence-corrected chi connectivity index (χ0v) is 19.4. The van der Waals surface area contributed by atoms with Gasteiger partial charge in [0.2, 0.25) is 0 Å². The Morgan fingerprint density at radius 2 is 1.77 bits per heavy atom. The number of nitrogens with one attached hydrogen (secondary N) is 5.